The second kappa shape index (κ2) is 10.9. The molecule has 3 rings (SSSR count). The van der Waals surface area contributed by atoms with Crippen molar-refractivity contribution in [3.63, 3.8) is 0 Å². The van der Waals surface area contributed by atoms with Gasteiger partial charge >= 0.3 is 0 Å². The molecule has 150 valence electrons. The molecule has 0 radical (unpaired) electrons. The summed E-state index contributed by atoms with van der Waals surface area (Å²) in [6.45, 7) is 7.91. The quantitative estimate of drug-likeness (QED) is 0.335. The number of benzene rings is 2. The third-order valence-corrected chi connectivity index (χ3v) is 4.90. The molecule has 30 heavy (non-hydrogen) atoms. The van der Waals surface area contributed by atoms with Crippen molar-refractivity contribution < 1.29 is 0 Å². The fraction of sp³-hybridized carbons (Fsp3) is 0.138. The number of hydrogen-bond acceptors (Lipinski definition) is 1. The van der Waals surface area contributed by atoms with Gasteiger partial charge in [-0.3, -0.25) is 4.99 Å². The second-order valence-electron chi connectivity index (χ2n) is 7.55. The van der Waals surface area contributed by atoms with Crippen LogP contribution >= 0.6 is 0 Å². The summed E-state index contributed by atoms with van der Waals surface area (Å²) in [5, 5.41) is 0. The highest BCUT2D eigenvalue weighted by molar-refractivity contribution is 5.79. The van der Waals surface area contributed by atoms with E-state index in [0.717, 1.165) is 12.1 Å². The zero-order valence-corrected chi connectivity index (χ0v) is 17.8. The van der Waals surface area contributed by atoms with E-state index in [2.05, 4.69) is 99.3 Å². The van der Waals surface area contributed by atoms with Crippen LogP contribution in [0.15, 0.2) is 126 Å². The van der Waals surface area contributed by atoms with Crippen molar-refractivity contribution in [1.82, 2.24) is 0 Å². The summed E-state index contributed by atoms with van der Waals surface area (Å²) >= 11 is 0. The van der Waals surface area contributed by atoms with E-state index in [0.29, 0.717) is 0 Å². The van der Waals surface area contributed by atoms with Crippen molar-refractivity contribution in [2.24, 2.45) is 10.9 Å². The van der Waals surface area contributed by atoms with Crippen LogP contribution in [0.25, 0.3) is 16.7 Å². The first-order valence-corrected chi connectivity index (χ1v) is 10.4. The van der Waals surface area contributed by atoms with Gasteiger partial charge in [0.25, 0.3) is 0 Å². The van der Waals surface area contributed by atoms with Crippen LogP contribution in [-0.2, 0) is 0 Å². The topological polar surface area (TPSA) is 12.4 Å². The molecule has 2 aromatic carbocycles. The summed E-state index contributed by atoms with van der Waals surface area (Å²) < 4.78 is 0. The molecule has 0 fully saturated rings. The molecule has 1 aliphatic rings. The van der Waals surface area contributed by atoms with Crippen molar-refractivity contribution in [1.29, 1.82) is 0 Å². The lowest BCUT2D eigenvalue weighted by molar-refractivity contribution is 0.760. The Morgan fingerprint density at radius 3 is 2.47 bits per heavy atom. The minimum Gasteiger partial charge on any atom is -0.261 e. The predicted molar refractivity (Wildman–Crippen MR) is 132 cm³/mol. The Labute approximate surface area is 180 Å². The van der Waals surface area contributed by atoms with E-state index in [1.165, 1.54) is 27.8 Å². The summed E-state index contributed by atoms with van der Waals surface area (Å²) in [5.41, 5.74) is 7.21. The molecule has 1 atom stereocenters. The van der Waals surface area contributed by atoms with Gasteiger partial charge in [0.2, 0.25) is 0 Å². The number of allylic oxidation sites excluding steroid dienone is 10. The molecule has 1 heteroatoms. The number of aliphatic imine (C=N–C) groups is 1. The van der Waals surface area contributed by atoms with Gasteiger partial charge in [0.15, 0.2) is 0 Å². The van der Waals surface area contributed by atoms with Crippen LogP contribution in [0.2, 0.25) is 0 Å². The van der Waals surface area contributed by atoms with Gasteiger partial charge in [-0.2, -0.15) is 0 Å². The third-order valence-electron chi connectivity index (χ3n) is 4.90. The molecule has 1 aliphatic carbocycles. The molecule has 1 nitrogen and oxygen atoms in total. The molecule has 0 heterocycles. The Morgan fingerprint density at radius 1 is 0.933 bits per heavy atom. The van der Waals surface area contributed by atoms with E-state index in [9.17, 15) is 0 Å². The number of hydrogen-bond donors (Lipinski definition) is 0. The van der Waals surface area contributed by atoms with Gasteiger partial charge in [0.1, 0.15) is 0 Å². The average Bonchev–Trinajstić information content (AvgIpc) is 2.79. The standard InChI is InChI=1S/C29H29N/c1-4-5-7-18-29(30-20-19-23(2)3)28-17-11-16-27(22-28)26-15-10-14-25(21-26)24-12-8-6-9-13-24/h4-16,18-22,28H,1,17H2,2-3H3/b7-5-,29-18-,30-20?. The van der Waals surface area contributed by atoms with Gasteiger partial charge in [-0.15, -0.1) is 0 Å². The molecule has 0 aromatic heterocycles. The smallest absolute Gasteiger partial charge is 0.0475 e. The summed E-state index contributed by atoms with van der Waals surface area (Å²) in [7, 11) is 0. The molecule has 1 unspecified atom stereocenters. The Balaban J connectivity index is 1.92. The molecule has 0 amide bonds. The lowest BCUT2D eigenvalue weighted by Gasteiger charge is -2.18. The van der Waals surface area contributed by atoms with Crippen LogP contribution in [0.4, 0.5) is 0 Å². The molecule has 0 saturated heterocycles. The van der Waals surface area contributed by atoms with Gasteiger partial charge in [0, 0.05) is 17.8 Å². The molecule has 0 saturated carbocycles. The molecule has 0 N–H and O–H groups in total. The zero-order chi connectivity index (χ0) is 21.2. The second-order valence-corrected chi connectivity index (χ2v) is 7.55. The molecule has 0 spiro atoms. The highest BCUT2D eigenvalue weighted by Crippen LogP contribution is 2.31. The van der Waals surface area contributed by atoms with Gasteiger partial charge in [-0.25, -0.2) is 0 Å². The van der Waals surface area contributed by atoms with Crippen LogP contribution in [0.3, 0.4) is 0 Å². The zero-order valence-electron chi connectivity index (χ0n) is 17.8. The van der Waals surface area contributed by atoms with Crippen molar-refractivity contribution in [3.8, 4) is 11.1 Å². The van der Waals surface area contributed by atoms with E-state index >= 15 is 0 Å². The maximum atomic E-state index is 4.75. The summed E-state index contributed by atoms with van der Waals surface area (Å²) in [6, 6.07) is 19.3. The van der Waals surface area contributed by atoms with Gasteiger partial charge in [0.05, 0.1) is 0 Å². The molecule has 0 bridgehead atoms. The Morgan fingerprint density at radius 2 is 1.70 bits per heavy atom. The van der Waals surface area contributed by atoms with Crippen LogP contribution < -0.4 is 0 Å². The van der Waals surface area contributed by atoms with E-state index in [4.69, 9.17) is 4.99 Å². The Bertz CT molecular complexity index is 1040. The van der Waals surface area contributed by atoms with Crippen LogP contribution in [0.5, 0.6) is 0 Å². The minimum atomic E-state index is 0.238. The van der Waals surface area contributed by atoms with Crippen molar-refractivity contribution in [3.05, 3.63) is 127 Å². The number of rotatable bonds is 7. The SMILES string of the molecule is C=C/C=C\C=C(/N=CC=C(C)C)C1C=C(c2cccc(-c3ccccc3)c2)C=CC1. The maximum absolute atomic E-state index is 4.75. The van der Waals surface area contributed by atoms with Crippen molar-refractivity contribution in [2.45, 2.75) is 20.3 Å². The molecular formula is C29H29N. The fourth-order valence-electron chi connectivity index (χ4n) is 3.36. The molecule has 0 aliphatic heterocycles. The lowest BCUT2D eigenvalue weighted by atomic mass is 9.89. The monoisotopic (exact) mass is 391 g/mol. The Hall–Kier alpha value is -3.45. The van der Waals surface area contributed by atoms with Gasteiger partial charge in [-0.05, 0) is 60.8 Å². The predicted octanol–water partition coefficient (Wildman–Crippen LogP) is 7.98. The molecule has 2 aromatic rings. The van der Waals surface area contributed by atoms with Crippen molar-refractivity contribution in [2.75, 3.05) is 0 Å². The van der Waals surface area contributed by atoms with Crippen LogP contribution in [0, 0.1) is 5.92 Å². The van der Waals surface area contributed by atoms with Crippen LogP contribution in [-0.4, -0.2) is 6.21 Å². The maximum Gasteiger partial charge on any atom is 0.0475 e. The van der Waals surface area contributed by atoms with E-state index < -0.39 is 0 Å². The first kappa shape index (κ1) is 21.3. The first-order valence-electron chi connectivity index (χ1n) is 10.4. The highest BCUT2D eigenvalue weighted by atomic mass is 14.7. The van der Waals surface area contributed by atoms with E-state index in [-0.39, 0.29) is 5.92 Å². The third kappa shape index (κ3) is 6.02. The summed E-state index contributed by atoms with van der Waals surface area (Å²) in [5.74, 6) is 0.238. The van der Waals surface area contributed by atoms with Crippen molar-refractivity contribution >= 4 is 11.8 Å². The van der Waals surface area contributed by atoms with E-state index in [1.54, 1.807) is 6.08 Å². The summed E-state index contributed by atoms with van der Waals surface area (Å²) in [6.07, 6.45) is 19.5. The highest BCUT2D eigenvalue weighted by Gasteiger charge is 2.14. The normalized spacial score (nSPS) is 16.7. The fourth-order valence-corrected chi connectivity index (χ4v) is 3.36. The number of nitrogens with zero attached hydrogens (tertiary/aromatic N) is 1. The average molecular weight is 392 g/mol. The Kier molecular flexibility index (Phi) is 7.74. The van der Waals surface area contributed by atoms with Crippen LogP contribution in [0.1, 0.15) is 25.8 Å². The van der Waals surface area contributed by atoms with Gasteiger partial charge in [-0.1, -0.05) is 97.1 Å². The first-order chi connectivity index (χ1) is 14.7. The molecular weight excluding hydrogens is 362 g/mol. The van der Waals surface area contributed by atoms with E-state index in [1.807, 2.05) is 24.4 Å². The largest absolute Gasteiger partial charge is 0.261 e. The lowest BCUT2D eigenvalue weighted by Crippen LogP contribution is -2.03. The van der Waals surface area contributed by atoms with Gasteiger partial charge < -0.3 is 0 Å². The minimum absolute atomic E-state index is 0.238. The summed E-state index contributed by atoms with van der Waals surface area (Å²) in [4.78, 5) is 4.75.